The van der Waals surface area contributed by atoms with Crippen LogP contribution >= 0.6 is 0 Å². The summed E-state index contributed by atoms with van der Waals surface area (Å²) in [6.45, 7) is 4.97. The van der Waals surface area contributed by atoms with Gasteiger partial charge in [-0.25, -0.2) is 0 Å². The lowest BCUT2D eigenvalue weighted by Gasteiger charge is -2.15. The van der Waals surface area contributed by atoms with Crippen molar-refractivity contribution in [1.82, 2.24) is 15.1 Å². The fourth-order valence-corrected chi connectivity index (χ4v) is 2.30. The molecule has 0 radical (unpaired) electrons. The first-order valence-corrected chi connectivity index (χ1v) is 6.34. The van der Waals surface area contributed by atoms with Crippen LogP contribution in [0.3, 0.4) is 0 Å². The Kier molecular flexibility index (Phi) is 3.84. The maximum absolute atomic E-state index is 5.16. The Labute approximate surface area is 103 Å². The highest BCUT2D eigenvalue weighted by Crippen LogP contribution is 2.48. The van der Waals surface area contributed by atoms with Crippen LogP contribution in [0.1, 0.15) is 30.5 Å². The SMILES string of the molecule is COCCC1(CNCc2cn(C)nc2C)CC1. The molecule has 1 aliphatic rings. The number of methoxy groups -OCH3 is 1. The third-order valence-electron chi connectivity index (χ3n) is 3.72. The van der Waals surface area contributed by atoms with Crippen LogP contribution in [0.15, 0.2) is 6.20 Å². The van der Waals surface area contributed by atoms with Gasteiger partial charge in [0.2, 0.25) is 0 Å². The molecule has 0 spiro atoms. The van der Waals surface area contributed by atoms with Crippen LogP contribution in [0.25, 0.3) is 0 Å². The van der Waals surface area contributed by atoms with Gasteiger partial charge in [0.1, 0.15) is 0 Å². The molecule has 2 rings (SSSR count). The van der Waals surface area contributed by atoms with Crippen LogP contribution in [0.4, 0.5) is 0 Å². The molecule has 1 aromatic rings. The molecule has 1 aliphatic carbocycles. The number of aromatic nitrogens is 2. The van der Waals surface area contributed by atoms with Crippen molar-refractivity contribution in [2.45, 2.75) is 32.7 Å². The van der Waals surface area contributed by atoms with E-state index in [1.807, 2.05) is 11.7 Å². The van der Waals surface area contributed by atoms with Gasteiger partial charge in [-0.1, -0.05) is 0 Å². The maximum atomic E-state index is 5.16. The second-order valence-electron chi connectivity index (χ2n) is 5.26. The van der Waals surface area contributed by atoms with Gasteiger partial charge in [-0.3, -0.25) is 4.68 Å². The maximum Gasteiger partial charge on any atom is 0.0638 e. The fraction of sp³-hybridized carbons (Fsp3) is 0.769. The van der Waals surface area contributed by atoms with Crippen LogP contribution in [-0.4, -0.2) is 30.0 Å². The first kappa shape index (κ1) is 12.6. The monoisotopic (exact) mass is 237 g/mol. The van der Waals surface area contributed by atoms with Crippen LogP contribution in [0, 0.1) is 12.3 Å². The highest BCUT2D eigenvalue weighted by molar-refractivity contribution is 5.15. The summed E-state index contributed by atoms with van der Waals surface area (Å²) in [5, 5.41) is 7.91. The largest absolute Gasteiger partial charge is 0.385 e. The molecule has 0 aromatic carbocycles. The summed E-state index contributed by atoms with van der Waals surface area (Å²) in [7, 11) is 3.75. The van der Waals surface area contributed by atoms with Crippen molar-refractivity contribution in [3.8, 4) is 0 Å². The van der Waals surface area contributed by atoms with Crippen LogP contribution in [0.5, 0.6) is 0 Å². The zero-order valence-corrected chi connectivity index (χ0v) is 11.1. The molecule has 0 aliphatic heterocycles. The van der Waals surface area contributed by atoms with Gasteiger partial charge in [-0.05, 0) is 31.6 Å². The molecule has 1 aromatic heterocycles. The average molecular weight is 237 g/mol. The molecule has 0 unspecified atom stereocenters. The van der Waals surface area contributed by atoms with Crippen LogP contribution in [0.2, 0.25) is 0 Å². The molecule has 4 nitrogen and oxygen atoms in total. The fourth-order valence-electron chi connectivity index (χ4n) is 2.30. The first-order valence-electron chi connectivity index (χ1n) is 6.34. The lowest BCUT2D eigenvalue weighted by atomic mass is 10.0. The molecule has 1 N–H and O–H groups in total. The second-order valence-corrected chi connectivity index (χ2v) is 5.26. The number of rotatable bonds is 7. The molecule has 96 valence electrons. The molecule has 1 saturated carbocycles. The smallest absolute Gasteiger partial charge is 0.0638 e. The normalized spacial score (nSPS) is 17.4. The third kappa shape index (κ3) is 3.30. The Hall–Kier alpha value is -0.870. The van der Waals surface area contributed by atoms with Crippen molar-refractivity contribution in [1.29, 1.82) is 0 Å². The number of nitrogens with zero attached hydrogens (tertiary/aromatic N) is 2. The van der Waals surface area contributed by atoms with E-state index in [-0.39, 0.29) is 0 Å². The van der Waals surface area contributed by atoms with Crippen LogP contribution in [-0.2, 0) is 18.3 Å². The number of hydrogen-bond donors (Lipinski definition) is 1. The van der Waals surface area contributed by atoms with E-state index < -0.39 is 0 Å². The Balaban J connectivity index is 1.74. The molecule has 17 heavy (non-hydrogen) atoms. The van der Waals surface area contributed by atoms with Crippen molar-refractivity contribution in [3.63, 3.8) is 0 Å². The van der Waals surface area contributed by atoms with E-state index in [1.165, 1.54) is 24.8 Å². The van der Waals surface area contributed by atoms with Gasteiger partial charge in [0, 0.05) is 45.6 Å². The minimum absolute atomic E-state index is 0.520. The zero-order chi connectivity index (χ0) is 12.3. The summed E-state index contributed by atoms with van der Waals surface area (Å²) in [4.78, 5) is 0. The molecular formula is C13H23N3O. The van der Waals surface area contributed by atoms with Gasteiger partial charge in [0.05, 0.1) is 5.69 Å². The van der Waals surface area contributed by atoms with Crippen molar-refractivity contribution >= 4 is 0 Å². The second kappa shape index (κ2) is 5.19. The van der Waals surface area contributed by atoms with E-state index in [0.29, 0.717) is 5.41 Å². The predicted octanol–water partition coefficient (Wildman–Crippen LogP) is 1.63. The van der Waals surface area contributed by atoms with Crippen molar-refractivity contribution in [3.05, 3.63) is 17.5 Å². The molecule has 0 saturated heterocycles. The van der Waals surface area contributed by atoms with Gasteiger partial charge in [0.15, 0.2) is 0 Å². The van der Waals surface area contributed by atoms with Crippen molar-refractivity contribution in [2.24, 2.45) is 12.5 Å². The summed E-state index contributed by atoms with van der Waals surface area (Å²) >= 11 is 0. The quantitative estimate of drug-likeness (QED) is 0.783. The lowest BCUT2D eigenvalue weighted by molar-refractivity contribution is 0.171. The Bertz CT molecular complexity index is 369. The van der Waals surface area contributed by atoms with Gasteiger partial charge < -0.3 is 10.1 Å². The molecule has 1 fully saturated rings. The van der Waals surface area contributed by atoms with E-state index in [2.05, 4.69) is 23.5 Å². The number of nitrogens with one attached hydrogen (secondary N) is 1. The summed E-state index contributed by atoms with van der Waals surface area (Å²) in [6, 6.07) is 0. The first-order chi connectivity index (χ1) is 8.15. The van der Waals surface area contributed by atoms with E-state index >= 15 is 0 Å². The molecule has 1 heterocycles. The van der Waals surface area contributed by atoms with Gasteiger partial charge in [-0.2, -0.15) is 5.10 Å². The van der Waals surface area contributed by atoms with Gasteiger partial charge >= 0.3 is 0 Å². The zero-order valence-electron chi connectivity index (χ0n) is 11.1. The topological polar surface area (TPSA) is 39.1 Å². The Morgan fingerprint density at radius 3 is 2.82 bits per heavy atom. The Morgan fingerprint density at radius 2 is 2.29 bits per heavy atom. The molecule has 0 bridgehead atoms. The number of hydrogen-bond acceptors (Lipinski definition) is 3. The minimum atomic E-state index is 0.520. The average Bonchev–Trinajstić information content (AvgIpc) is 2.98. The third-order valence-corrected chi connectivity index (χ3v) is 3.72. The van der Waals surface area contributed by atoms with Gasteiger partial charge in [-0.15, -0.1) is 0 Å². The Morgan fingerprint density at radius 1 is 1.53 bits per heavy atom. The van der Waals surface area contributed by atoms with E-state index in [9.17, 15) is 0 Å². The number of ether oxygens (including phenoxy) is 1. The number of aryl methyl sites for hydroxylation is 2. The lowest BCUT2D eigenvalue weighted by Crippen LogP contribution is -2.24. The highest BCUT2D eigenvalue weighted by Gasteiger charge is 2.41. The van der Waals surface area contributed by atoms with Gasteiger partial charge in [0.25, 0.3) is 0 Å². The van der Waals surface area contributed by atoms with Crippen molar-refractivity contribution in [2.75, 3.05) is 20.3 Å². The predicted molar refractivity (Wildman–Crippen MR) is 67.8 cm³/mol. The summed E-state index contributed by atoms with van der Waals surface area (Å²) in [5.74, 6) is 0. The molecule has 0 atom stereocenters. The van der Waals surface area contributed by atoms with E-state index in [1.54, 1.807) is 7.11 Å². The van der Waals surface area contributed by atoms with E-state index in [0.717, 1.165) is 25.4 Å². The minimum Gasteiger partial charge on any atom is -0.385 e. The summed E-state index contributed by atoms with van der Waals surface area (Å²) in [5.41, 5.74) is 2.95. The summed E-state index contributed by atoms with van der Waals surface area (Å²) < 4.78 is 7.04. The molecule has 4 heteroatoms. The standard InChI is InChI=1S/C13H23N3O/c1-11-12(9-16(2)15-11)8-14-10-13(4-5-13)6-7-17-3/h9,14H,4-8,10H2,1-3H3. The molecular weight excluding hydrogens is 214 g/mol. The van der Waals surface area contributed by atoms with E-state index in [4.69, 9.17) is 4.74 Å². The highest BCUT2D eigenvalue weighted by atomic mass is 16.5. The summed E-state index contributed by atoms with van der Waals surface area (Å²) in [6.07, 6.45) is 5.96. The van der Waals surface area contributed by atoms with Crippen LogP contribution < -0.4 is 5.32 Å². The molecule has 0 amide bonds. The van der Waals surface area contributed by atoms with Crippen molar-refractivity contribution < 1.29 is 4.74 Å².